The Labute approximate surface area is 83.2 Å². The Morgan fingerprint density at radius 1 is 1.36 bits per heavy atom. The van der Waals surface area contributed by atoms with E-state index in [-0.39, 0.29) is 6.04 Å². The number of rotatable bonds is 2. The van der Waals surface area contributed by atoms with Crippen molar-refractivity contribution in [3.8, 4) is 0 Å². The number of aromatic nitrogens is 2. The average molecular weight is 187 g/mol. The molecule has 2 aromatic heterocycles. The number of hydrogen-bond acceptors (Lipinski definition) is 2. The normalized spacial score (nSPS) is 12.7. The van der Waals surface area contributed by atoms with E-state index in [1.165, 1.54) is 0 Å². The zero-order valence-corrected chi connectivity index (χ0v) is 8.09. The van der Waals surface area contributed by atoms with Crippen LogP contribution in [-0.4, -0.2) is 9.55 Å². The van der Waals surface area contributed by atoms with E-state index in [2.05, 4.69) is 4.98 Å². The van der Waals surface area contributed by atoms with Crippen molar-refractivity contribution in [1.82, 2.24) is 9.55 Å². The van der Waals surface area contributed by atoms with Gasteiger partial charge in [0.25, 0.3) is 0 Å². The lowest BCUT2D eigenvalue weighted by atomic mass is 10.1. The van der Waals surface area contributed by atoms with Gasteiger partial charge in [0.1, 0.15) is 0 Å². The third kappa shape index (κ3) is 1.54. The SMILES string of the molecule is Cn1cccc1C(N)c1cccnc1. The maximum Gasteiger partial charge on any atom is 0.0721 e. The van der Waals surface area contributed by atoms with Crippen LogP contribution in [0.4, 0.5) is 0 Å². The Kier molecular flexibility index (Phi) is 2.33. The lowest BCUT2D eigenvalue weighted by molar-refractivity contribution is 0.744. The standard InChI is InChI=1S/C11H13N3/c1-14-7-3-5-10(14)11(12)9-4-2-6-13-8-9/h2-8,11H,12H2,1H3. The summed E-state index contributed by atoms with van der Waals surface area (Å²) < 4.78 is 2.03. The van der Waals surface area contributed by atoms with Crippen molar-refractivity contribution in [1.29, 1.82) is 0 Å². The molecule has 0 radical (unpaired) electrons. The first-order chi connectivity index (χ1) is 6.79. The Hall–Kier alpha value is -1.61. The van der Waals surface area contributed by atoms with Crippen molar-refractivity contribution in [2.45, 2.75) is 6.04 Å². The van der Waals surface area contributed by atoms with Gasteiger partial charge in [-0.05, 0) is 23.8 Å². The monoisotopic (exact) mass is 187 g/mol. The molecule has 1 unspecified atom stereocenters. The molecule has 2 rings (SSSR count). The predicted molar refractivity (Wildman–Crippen MR) is 55.7 cm³/mol. The summed E-state index contributed by atoms with van der Waals surface area (Å²) in [6.45, 7) is 0. The molecule has 0 aromatic carbocycles. The van der Waals surface area contributed by atoms with Crippen LogP contribution in [-0.2, 0) is 7.05 Å². The molecule has 0 aliphatic rings. The summed E-state index contributed by atoms with van der Waals surface area (Å²) in [5.74, 6) is 0. The summed E-state index contributed by atoms with van der Waals surface area (Å²) >= 11 is 0. The van der Waals surface area contributed by atoms with Gasteiger partial charge in [0.15, 0.2) is 0 Å². The highest BCUT2D eigenvalue weighted by atomic mass is 15.0. The van der Waals surface area contributed by atoms with Crippen LogP contribution < -0.4 is 5.73 Å². The van der Waals surface area contributed by atoms with Crippen LogP contribution in [0.25, 0.3) is 0 Å². The van der Waals surface area contributed by atoms with Crippen molar-refractivity contribution >= 4 is 0 Å². The lowest BCUT2D eigenvalue weighted by Crippen LogP contribution is -2.15. The molecule has 0 aliphatic carbocycles. The summed E-state index contributed by atoms with van der Waals surface area (Å²) in [6.07, 6.45) is 5.55. The Bertz CT molecular complexity index is 405. The highest BCUT2D eigenvalue weighted by Gasteiger charge is 2.10. The van der Waals surface area contributed by atoms with Gasteiger partial charge in [-0.3, -0.25) is 4.98 Å². The summed E-state index contributed by atoms with van der Waals surface area (Å²) in [5, 5.41) is 0. The molecular weight excluding hydrogens is 174 g/mol. The number of nitrogens with two attached hydrogens (primary N) is 1. The van der Waals surface area contributed by atoms with Gasteiger partial charge in [0.05, 0.1) is 6.04 Å². The van der Waals surface area contributed by atoms with Crippen LogP contribution in [0.15, 0.2) is 42.9 Å². The predicted octanol–water partition coefficient (Wildman–Crippen LogP) is 1.47. The van der Waals surface area contributed by atoms with Crippen LogP contribution in [0.2, 0.25) is 0 Å². The Morgan fingerprint density at radius 2 is 2.21 bits per heavy atom. The van der Waals surface area contributed by atoms with Gasteiger partial charge >= 0.3 is 0 Å². The summed E-state index contributed by atoms with van der Waals surface area (Å²) in [4.78, 5) is 4.06. The van der Waals surface area contributed by atoms with E-state index < -0.39 is 0 Å². The minimum absolute atomic E-state index is 0.0938. The second kappa shape index (κ2) is 3.64. The highest BCUT2D eigenvalue weighted by molar-refractivity contribution is 5.25. The molecule has 0 fully saturated rings. The Morgan fingerprint density at radius 3 is 2.79 bits per heavy atom. The Balaban J connectivity index is 2.34. The van der Waals surface area contributed by atoms with Crippen LogP contribution in [0.1, 0.15) is 17.3 Å². The zero-order chi connectivity index (χ0) is 9.97. The van der Waals surface area contributed by atoms with E-state index in [0.29, 0.717) is 0 Å². The van der Waals surface area contributed by atoms with Gasteiger partial charge in [-0.25, -0.2) is 0 Å². The molecule has 0 amide bonds. The molecule has 14 heavy (non-hydrogen) atoms. The fourth-order valence-electron chi connectivity index (χ4n) is 1.53. The van der Waals surface area contributed by atoms with Crippen LogP contribution in [0, 0.1) is 0 Å². The second-order valence-corrected chi connectivity index (χ2v) is 3.31. The van der Waals surface area contributed by atoms with Gasteiger partial charge in [-0.1, -0.05) is 6.07 Å². The summed E-state index contributed by atoms with van der Waals surface area (Å²) in [6, 6.07) is 7.81. The molecule has 0 spiro atoms. The van der Waals surface area contributed by atoms with Gasteiger partial charge < -0.3 is 10.3 Å². The third-order valence-corrected chi connectivity index (χ3v) is 2.35. The largest absolute Gasteiger partial charge is 0.353 e. The van der Waals surface area contributed by atoms with Crippen molar-refractivity contribution in [3.05, 3.63) is 54.1 Å². The van der Waals surface area contributed by atoms with E-state index in [9.17, 15) is 0 Å². The molecule has 0 saturated heterocycles. The molecule has 3 nitrogen and oxygen atoms in total. The fraction of sp³-hybridized carbons (Fsp3) is 0.182. The maximum absolute atomic E-state index is 6.10. The van der Waals surface area contributed by atoms with Gasteiger partial charge in [0, 0.05) is 31.3 Å². The fourth-order valence-corrected chi connectivity index (χ4v) is 1.53. The summed E-state index contributed by atoms with van der Waals surface area (Å²) in [5.41, 5.74) is 8.23. The quantitative estimate of drug-likeness (QED) is 0.773. The van der Waals surface area contributed by atoms with E-state index >= 15 is 0 Å². The van der Waals surface area contributed by atoms with Gasteiger partial charge in [0.2, 0.25) is 0 Å². The first-order valence-electron chi connectivity index (χ1n) is 4.56. The zero-order valence-electron chi connectivity index (χ0n) is 8.09. The van der Waals surface area contributed by atoms with E-state index in [4.69, 9.17) is 5.73 Å². The van der Waals surface area contributed by atoms with Crippen molar-refractivity contribution in [3.63, 3.8) is 0 Å². The number of hydrogen-bond donors (Lipinski definition) is 1. The highest BCUT2D eigenvalue weighted by Crippen LogP contribution is 2.17. The first-order valence-corrected chi connectivity index (χ1v) is 4.56. The number of aryl methyl sites for hydroxylation is 1. The second-order valence-electron chi connectivity index (χ2n) is 3.31. The number of pyridine rings is 1. The van der Waals surface area contributed by atoms with Crippen LogP contribution in [0.5, 0.6) is 0 Å². The van der Waals surface area contributed by atoms with Crippen molar-refractivity contribution < 1.29 is 0 Å². The summed E-state index contributed by atoms with van der Waals surface area (Å²) in [7, 11) is 1.99. The molecule has 72 valence electrons. The molecule has 0 bridgehead atoms. The van der Waals surface area contributed by atoms with Crippen molar-refractivity contribution in [2.24, 2.45) is 12.8 Å². The minimum Gasteiger partial charge on any atom is -0.353 e. The molecular formula is C11H13N3. The van der Waals surface area contributed by atoms with Gasteiger partial charge in [-0.15, -0.1) is 0 Å². The van der Waals surface area contributed by atoms with E-state index in [0.717, 1.165) is 11.3 Å². The smallest absolute Gasteiger partial charge is 0.0721 e. The lowest BCUT2D eigenvalue weighted by Gasteiger charge is -2.12. The topological polar surface area (TPSA) is 43.8 Å². The molecule has 2 heterocycles. The molecule has 2 N–H and O–H groups in total. The van der Waals surface area contributed by atoms with E-state index in [1.54, 1.807) is 12.4 Å². The van der Waals surface area contributed by atoms with Crippen molar-refractivity contribution in [2.75, 3.05) is 0 Å². The molecule has 0 aliphatic heterocycles. The van der Waals surface area contributed by atoms with Crippen LogP contribution >= 0.6 is 0 Å². The maximum atomic E-state index is 6.10. The molecule has 0 saturated carbocycles. The van der Waals surface area contributed by atoms with Crippen LogP contribution in [0.3, 0.4) is 0 Å². The first kappa shape index (κ1) is 8.97. The third-order valence-electron chi connectivity index (χ3n) is 2.35. The average Bonchev–Trinajstić information content (AvgIpc) is 2.65. The van der Waals surface area contributed by atoms with Gasteiger partial charge in [-0.2, -0.15) is 0 Å². The number of nitrogens with zero attached hydrogens (tertiary/aromatic N) is 2. The molecule has 2 aromatic rings. The van der Waals surface area contributed by atoms with E-state index in [1.807, 2.05) is 42.1 Å². The minimum atomic E-state index is -0.0938. The molecule has 1 atom stereocenters. The molecule has 3 heteroatoms.